The Morgan fingerprint density at radius 1 is 1.04 bits per heavy atom. The second-order valence-electron chi connectivity index (χ2n) is 4.90. The third kappa shape index (κ3) is 4.77. The summed E-state index contributed by atoms with van der Waals surface area (Å²) in [7, 11) is 0. The van der Waals surface area contributed by atoms with Crippen LogP contribution in [0, 0.1) is 10.1 Å². The van der Waals surface area contributed by atoms with Crippen LogP contribution in [0.15, 0.2) is 48.5 Å². The molecule has 0 unspecified atom stereocenters. The molecule has 2 aromatic carbocycles. The van der Waals surface area contributed by atoms with Gasteiger partial charge in [0.15, 0.2) is 6.61 Å². The number of ether oxygens (including phenoxy) is 1. The van der Waals surface area contributed by atoms with Gasteiger partial charge in [0.1, 0.15) is 11.3 Å². The molecule has 2 rings (SSSR count). The number of amides is 2. The van der Waals surface area contributed by atoms with Crippen molar-refractivity contribution in [2.75, 3.05) is 6.61 Å². The molecule has 3 N–H and O–H groups in total. The number of nitrogens with zero attached hydrogens (tertiary/aromatic N) is 1. The summed E-state index contributed by atoms with van der Waals surface area (Å²) in [5.74, 6) is -2.71. The lowest BCUT2D eigenvalue weighted by Crippen LogP contribution is -2.43. The van der Waals surface area contributed by atoms with Crippen LogP contribution in [0.4, 0.5) is 5.69 Å². The van der Waals surface area contributed by atoms with Crippen molar-refractivity contribution in [1.29, 1.82) is 0 Å². The molecule has 0 bridgehead atoms. The van der Waals surface area contributed by atoms with Gasteiger partial charge in [-0.15, -0.1) is 0 Å². The Kier molecular flexibility index (Phi) is 5.83. The van der Waals surface area contributed by atoms with Crippen molar-refractivity contribution in [2.45, 2.75) is 0 Å². The molecule has 0 heterocycles. The van der Waals surface area contributed by atoms with Crippen LogP contribution in [0.25, 0.3) is 0 Å². The topological polar surface area (TPSA) is 148 Å². The molecule has 0 aliphatic carbocycles. The Labute approximate surface area is 146 Å². The summed E-state index contributed by atoms with van der Waals surface area (Å²) in [4.78, 5) is 45.0. The van der Waals surface area contributed by atoms with Crippen LogP contribution in [0.5, 0.6) is 5.75 Å². The van der Waals surface area contributed by atoms with E-state index in [0.717, 1.165) is 12.1 Å². The fourth-order valence-corrected chi connectivity index (χ4v) is 1.82. The molecule has 134 valence electrons. The van der Waals surface area contributed by atoms with Crippen LogP contribution in [-0.2, 0) is 9.53 Å². The van der Waals surface area contributed by atoms with E-state index in [0.29, 0.717) is 0 Å². The first-order valence-corrected chi connectivity index (χ1v) is 7.17. The smallest absolute Gasteiger partial charge is 0.342 e. The second-order valence-corrected chi connectivity index (χ2v) is 4.90. The molecule has 0 saturated carbocycles. The number of non-ortho nitro benzene ring substituents is 1. The third-order valence-corrected chi connectivity index (χ3v) is 3.11. The maximum Gasteiger partial charge on any atom is 0.342 e. The van der Waals surface area contributed by atoms with Crippen LogP contribution >= 0.6 is 0 Å². The van der Waals surface area contributed by atoms with Gasteiger partial charge < -0.3 is 9.84 Å². The minimum atomic E-state index is -0.903. The number of hydrazine groups is 1. The lowest BCUT2D eigenvalue weighted by molar-refractivity contribution is -0.384. The molecular formula is C16H13N3O7. The molecule has 26 heavy (non-hydrogen) atoms. The Hall–Kier alpha value is -3.95. The maximum atomic E-state index is 11.8. The number of rotatable bonds is 5. The zero-order valence-corrected chi connectivity index (χ0v) is 13.2. The van der Waals surface area contributed by atoms with Gasteiger partial charge in [-0.3, -0.25) is 30.6 Å². The molecule has 10 heteroatoms. The van der Waals surface area contributed by atoms with Crippen LogP contribution in [-0.4, -0.2) is 34.4 Å². The number of phenols is 1. The summed E-state index contributed by atoms with van der Waals surface area (Å²) in [6, 6.07) is 10.4. The molecule has 0 aliphatic heterocycles. The summed E-state index contributed by atoms with van der Waals surface area (Å²) < 4.78 is 4.71. The van der Waals surface area contributed by atoms with Gasteiger partial charge in [-0.2, -0.15) is 0 Å². The Morgan fingerprint density at radius 2 is 1.69 bits per heavy atom. The average molecular weight is 359 g/mol. The number of hydrogen-bond donors (Lipinski definition) is 3. The Bertz CT molecular complexity index is 849. The van der Waals surface area contributed by atoms with Crippen LogP contribution in [0.1, 0.15) is 20.7 Å². The normalized spacial score (nSPS) is 9.85. The highest BCUT2D eigenvalue weighted by molar-refractivity contribution is 5.96. The molecule has 2 amide bonds. The van der Waals surface area contributed by atoms with Crippen molar-refractivity contribution < 1.29 is 29.2 Å². The Morgan fingerprint density at radius 3 is 2.31 bits per heavy atom. The standard InChI is InChI=1S/C16H13N3O7/c20-13-4-2-1-3-12(13)16(23)26-9-14(21)17-18-15(22)10-5-7-11(8-6-10)19(24)25/h1-8,20H,9H2,(H,17,21)(H,18,22). The van der Waals surface area contributed by atoms with E-state index in [-0.39, 0.29) is 22.6 Å². The van der Waals surface area contributed by atoms with E-state index in [4.69, 9.17) is 4.74 Å². The lowest BCUT2D eigenvalue weighted by atomic mass is 10.2. The molecule has 0 aromatic heterocycles. The summed E-state index contributed by atoms with van der Waals surface area (Å²) in [5.41, 5.74) is 3.91. The van der Waals surface area contributed by atoms with Gasteiger partial charge >= 0.3 is 5.97 Å². The molecule has 0 spiro atoms. The summed E-state index contributed by atoms with van der Waals surface area (Å²) >= 11 is 0. The number of benzene rings is 2. The molecule has 10 nitrogen and oxygen atoms in total. The van der Waals surface area contributed by atoms with E-state index < -0.39 is 29.3 Å². The molecule has 0 saturated heterocycles. The number of nitro groups is 1. The number of phenolic OH excluding ortho intramolecular Hbond substituents is 1. The molecular weight excluding hydrogens is 346 g/mol. The zero-order chi connectivity index (χ0) is 19.1. The Balaban J connectivity index is 1.81. The van der Waals surface area contributed by atoms with E-state index in [1.165, 1.54) is 36.4 Å². The van der Waals surface area contributed by atoms with Crippen LogP contribution in [0.3, 0.4) is 0 Å². The van der Waals surface area contributed by atoms with E-state index in [9.17, 15) is 29.6 Å². The highest BCUT2D eigenvalue weighted by atomic mass is 16.6. The fourth-order valence-electron chi connectivity index (χ4n) is 1.82. The first kappa shape index (κ1) is 18.4. The van der Waals surface area contributed by atoms with Gasteiger partial charge in [0, 0.05) is 17.7 Å². The number of aromatic hydroxyl groups is 1. The molecule has 2 aromatic rings. The molecule has 0 fully saturated rings. The van der Waals surface area contributed by atoms with Crippen molar-refractivity contribution in [1.82, 2.24) is 10.9 Å². The van der Waals surface area contributed by atoms with E-state index in [2.05, 4.69) is 5.43 Å². The third-order valence-electron chi connectivity index (χ3n) is 3.11. The van der Waals surface area contributed by atoms with Gasteiger partial charge in [-0.1, -0.05) is 12.1 Å². The number of carbonyl (C=O) groups excluding carboxylic acids is 3. The number of nitrogens with one attached hydrogen (secondary N) is 2. The van der Waals surface area contributed by atoms with Gasteiger partial charge in [-0.25, -0.2) is 4.79 Å². The second kappa shape index (κ2) is 8.24. The van der Waals surface area contributed by atoms with Gasteiger partial charge in [0.25, 0.3) is 17.5 Å². The van der Waals surface area contributed by atoms with Crippen molar-refractivity contribution in [3.05, 3.63) is 69.8 Å². The lowest BCUT2D eigenvalue weighted by Gasteiger charge is -2.08. The van der Waals surface area contributed by atoms with E-state index in [1.54, 1.807) is 0 Å². The number of hydrogen-bond acceptors (Lipinski definition) is 7. The number of para-hydroxylation sites is 1. The van der Waals surface area contributed by atoms with E-state index in [1.807, 2.05) is 5.43 Å². The summed E-state index contributed by atoms with van der Waals surface area (Å²) in [6.07, 6.45) is 0. The monoisotopic (exact) mass is 359 g/mol. The van der Waals surface area contributed by atoms with Crippen molar-refractivity contribution in [3.63, 3.8) is 0 Å². The average Bonchev–Trinajstić information content (AvgIpc) is 2.64. The molecule has 0 radical (unpaired) electrons. The van der Waals surface area contributed by atoms with Crippen molar-refractivity contribution in [3.8, 4) is 5.75 Å². The van der Waals surface area contributed by atoms with E-state index >= 15 is 0 Å². The number of esters is 1. The van der Waals surface area contributed by atoms with Crippen LogP contribution in [0.2, 0.25) is 0 Å². The van der Waals surface area contributed by atoms with Gasteiger partial charge in [0.05, 0.1) is 4.92 Å². The minimum absolute atomic E-state index is 0.0853. The van der Waals surface area contributed by atoms with Crippen molar-refractivity contribution in [2.24, 2.45) is 0 Å². The molecule has 0 atom stereocenters. The minimum Gasteiger partial charge on any atom is -0.507 e. The van der Waals surface area contributed by atoms with Gasteiger partial charge in [0.2, 0.25) is 0 Å². The highest BCUT2D eigenvalue weighted by Crippen LogP contribution is 2.16. The quantitative estimate of drug-likeness (QED) is 0.408. The predicted molar refractivity (Wildman–Crippen MR) is 87.1 cm³/mol. The molecule has 0 aliphatic rings. The summed E-state index contributed by atoms with van der Waals surface area (Å²) in [5, 5.41) is 20.0. The number of nitro benzene ring substituents is 1. The van der Waals surface area contributed by atoms with Crippen LogP contribution < -0.4 is 10.9 Å². The zero-order valence-electron chi connectivity index (χ0n) is 13.2. The van der Waals surface area contributed by atoms with Gasteiger partial charge in [-0.05, 0) is 24.3 Å². The number of carbonyl (C=O) groups is 3. The largest absolute Gasteiger partial charge is 0.507 e. The fraction of sp³-hybridized carbons (Fsp3) is 0.0625. The SMILES string of the molecule is O=C(COC(=O)c1ccccc1O)NNC(=O)c1ccc([N+](=O)[O-])cc1. The maximum absolute atomic E-state index is 11.8. The first-order valence-electron chi connectivity index (χ1n) is 7.17. The summed E-state index contributed by atoms with van der Waals surface area (Å²) in [6.45, 7) is -0.687. The van der Waals surface area contributed by atoms with Crippen molar-refractivity contribution >= 4 is 23.5 Å². The predicted octanol–water partition coefficient (Wildman–Crippen LogP) is 0.918. The highest BCUT2D eigenvalue weighted by Gasteiger charge is 2.14. The first-order chi connectivity index (χ1) is 12.4.